The first-order chi connectivity index (χ1) is 15.1. The highest BCUT2D eigenvalue weighted by Gasteiger charge is 2.25. The lowest BCUT2D eigenvalue weighted by Crippen LogP contribution is -2.24. The van der Waals surface area contributed by atoms with Gasteiger partial charge in [-0.1, -0.05) is 102 Å². The van der Waals surface area contributed by atoms with Crippen molar-refractivity contribution in [2.24, 2.45) is 0 Å². The monoisotopic (exact) mass is 421 g/mol. The van der Waals surface area contributed by atoms with Gasteiger partial charge in [0.25, 0.3) is 0 Å². The van der Waals surface area contributed by atoms with Crippen molar-refractivity contribution in [1.82, 2.24) is 15.0 Å². The highest BCUT2D eigenvalue weighted by atomic mass is 15.1. The van der Waals surface area contributed by atoms with Crippen molar-refractivity contribution >= 4 is 0 Å². The van der Waals surface area contributed by atoms with E-state index in [0.29, 0.717) is 0 Å². The lowest BCUT2D eigenvalue weighted by atomic mass is 9.92. The second-order valence-corrected chi connectivity index (χ2v) is 10.3. The molecule has 0 fully saturated rings. The lowest BCUT2D eigenvalue weighted by Gasteiger charge is -2.23. The van der Waals surface area contributed by atoms with Crippen LogP contribution in [-0.4, -0.2) is 15.0 Å². The summed E-state index contributed by atoms with van der Waals surface area (Å²) in [6.07, 6.45) is 0. The molecular formula is C29H31N3. The van der Waals surface area contributed by atoms with Gasteiger partial charge in [-0.3, -0.25) is 0 Å². The SMILES string of the molecule is CC(C)(C)c1nc(-c2cc(-c3ccccc3)cc(-c3ccccc3)c2)nc(C(C)(C)C)n1. The maximum atomic E-state index is 4.94. The van der Waals surface area contributed by atoms with Crippen molar-refractivity contribution in [3.05, 3.63) is 90.5 Å². The molecule has 4 aromatic rings. The molecule has 1 aromatic heterocycles. The zero-order chi connectivity index (χ0) is 22.9. The predicted octanol–water partition coefficient (Wildman–Crippen LogP) is 7.47. The minimum Gasteiger partial charge on any atom is -0.217 e. The Morgan fingerprint density at radius 2 is 0.812 bits per heavy atom. The summed E-state index contributed by atoms with van der Waals surface area (Å²) in [5, 5.41) is 0. The molecule has 32 heavy (non-hydrogen) atoms. The third-order valence-electron chi connectivity index (χ3n) is 5.38. The summed E-state index contributed by atoms with van der Waals surface area (Å²) in [5.74, 6) is 2.36. The smallest absolute Gasteiger partial charge is 0.163 e. The summed E-state index contributed by atoms with van der Waals surface area (Å²) in [6, 6.07) is 27.6. The number of nitrogens with zero attached hydrogens (tertiary/aromatic N) is 3. The molecular weight excluding hydrogens is 390 g/mol. The molecule has 3 heteroatoms. The number of hydrogen-bond acceptors (Lipinski definition) is 3. The average Bonchev–Trinajstić information content (AvgIpc) is 2.78. The van der Waals surface area contributed by atoms with Crippen molar-refractivity contribution in [3.63, 3.8) is 0 Å². The van der Waals surface area contributed by atoms with Crippen LogP contribution in [0, 0.1) is 0 Å². The predicted molar refractivity (Wildman–Crippen MR) is 134 cm³/mol. The number of hydrogen-bond donors (Lipinski definition) is 0. The third-order valence-corrected chi connectivity index (χ3v) is 5.38. The number of rotatable bonds is 3. The summed E-state index contributed by atoms with van der Waals surface area (Å²) in [5.41, 5.74) is 5.31. The first-order valence-electron chi connectivity index (χ1n) is 11.1. The summed E-state index contributed by atoms with van der Waals surface area (Å²) >= 11 is 0. The van der Waals surface area contributed by atoms with Gasteiger partial charge in [0.15, 0.2) is 5.82 Å². The Balaban J connectivity index is 1.97. The van der Waals surface area contributed by atoms with E-state index in [9.17, 15) is 0 Å². The van der Waals surface area contributed by atoms with Crippen molar-refractivity contribution in [2.45, 2.75) is 52.4 Å². The molecule has 1 heterocycles. The topological polar surface area (TPSA) is 38.7 Å². The van der Waals surface area contributed by atoms with Crippen LogP contribution in [0.15, 0.2) is 78.9 Å². The van der Waals surface area contributed by atoms with Crippen LogP contribution < -0.4 is 0 Å². The second-order valence-electron chi connectivity index (χ2n) is 10.3. The van der Waals surface area contributed by atoms with Gasteiger partial charge in [0.2, 0.25) is 0 Å². The maximum Gasteiger partial charge on any atom is 0.163 e. The zero-order valence-electron chi connectivity index (χ0n) is 19.8. The van der Waals surface area contributed by atoms with Crippen LogP contribution in [-0.2, 0) is 10.8 Å². The molecule has 0 bridgehead atoms. The second kappa shape index (κ2) is 8.31. The van der Waals surface area contributed by atoms with E-state index in [0.717, 1.165) is 34.2 Å². The van der Waals surface area contributed by atoms with Crippen molar-refractivity contribution in [1.29, 1.82) is 0 Å². The van der Waals surface area contributed by atoms with Crippen LogP contribution in [0.25, 0.3) is 33.6 Å². The van der Waals surface area contributed by atoms with E-state index < -0.39 is 0 Å². The Labute approximate surface area is 191 Å². The van der Waals surface area contributed by atoms with Gasteiger partial charge in [0.1, 0.15) is 11.6 Å². The fraction of sp³-hybridized carbons (Fsp3) is 0.276. The van der Waals surface area contributed by atoms with Gasteiger partial charge in [-0.25, -0.2) is 15.0 Å². The van der Waals surface area contributed by atoms with E-state index in [1.54, 1.807) is 0 Å². The molecule has 4 rings (SSSR count). The summed E-state index contributed by atoms with van der Waals surface area (Å²) in [4.78, 5) is 14.7. The Hall–Kier alpha value is -3.33. The van der Waals surface area contributed by atoms with Crippen molar-refractivity contribution in [3.8, 4) is 33.6 Å². The fourth-order valence-corrected chi connectivity index (χ4v) is 3.53. The molecule has 0 aliphatic carbocycles. The maximum absolute atomic E-state index is 4.94. The van der Waals surface area contributed by atoms with E-state index in [1.807, 2.05) is 12.1 Å². The van der Waals surface area contributed by atoms with E-state index in [1.165, 1.54) is 11.1 Å². The molecule has 0 unspecified atom stereocenters. The van der Waals surface area contributed by atoms with Gasteiger partial charge in [0, 0.05) is 16.4 Å². The average molecular weight is 422 g/mol. The van der Waals surface area contributed by atoms with Crippen LogP contribution in [0.5, 0.6) is 0 Å². The first-order valence-corrected chi connectivity index (χ1v) is 11.1. The minimum absolute atomic E-state index is 0.170. The molecule has 3 aromatic carbocycles. The van der Waals surface area contributed by atoms with E-state index in [-0.39, 0.29) is 10.8 Å². The molecule has 0 aliphatic rings. The quantitative estimate of drug-likeness (QED) is 0.344. The lowest BCUT2D eigenvalue weighted by molar-refractivity contribution is 0.497. The Bertz CT molecular complexity index is 1120. The fourth-order valence-electron chi connectivity index (χ4n) is 3.53. The highest BCUT2D eigenvalue weighted by molar-refractivity contribution is 5.79. The van der Waals surface area contributed by atoms with Crippen LogP contribution in [0.3, 0.4) is 0 Å². The molecule has 0 saturated carbocycles. The van der Waals surface area contributed by atoms with Crippen LogP contribution in [0.1, 0.15) is 53.2 Å². The van der Waals surface area contributed by atoms with Gasteiger partial charge in [-0.05, 0) is 40.5 Å². The normalized spacial score (nSPS) is 12.1. The van der Waals surface area contributed by atoms with E-state index in [2.05, 4.69) is 108 Å². The highest BCUT2D eigenvalue weighted by Crippen LogP contribution is 2.33. The molecule has 0 aliphatic heterocycles. The molecule has 3 nitrogen and oxygen atoms in total. The molecule has 0 amide bonds. The summed E-state index contributed by atoms with van der Waals surface area (Å²) in [6.45, 7) is 12.9. The van der Waals surface area contributed by atoms with Crippen LogP contribution in [0.2, 0.25) is 0 Å². The summed E-state index contributed by atoms with van der Waals surface area (Å²) in [7, 11) is 0. The van der Waals surface area contributed by atoms with Gasteiger partial charge in [0.05, 0.1) is 0 Å². The largest absolute Gasteiger partial charge is 0.217 e. The molecule has 162 valence electrons. The van der Waals surface area contributed by atoms with Crippen LogP contribution >= 0.6 is 0 Å². The van der Waals surface area contributed by atoms with E-state index in [4.69, 9.17) is 15.0 Å². The Kier molecular flexibility index (Phi) is 5.68. The molecule has 0 N–H and O–H groups in total. The molecule has 0 saturated heterocycles. The Morgan fingerprint density at radius 3 is 1.19 bits per heavy atom. The van der Waals surface area contributed by atoms with Gasteiger partial charge in [-0.15, -0.1) is 0 Å². The van der Waals surface area contributed by atoms with Crippen LogP contribution in [0.4, 0.5) is 0 Å². The minimum atomic E-state index is -0.170. The van der Waals surface area contributed by atoms with Gasteiger partial charge >= 0.3 is 0 Å². The third kappa shape index (κ3) is 4.77. The van der Waals surface area contributed by atoms with Gasteiger partial charge in [-0.2, -0.15) is 0 Å². The van der Waals surface area contributed by atoms with Crippen molar-refractivity contribution in [2.75, 3.05) is 0 Å². The molecule has 0 atom stereocenters. The number of benzene rings is 3. The zero-order valence-corrected chi connectivity index (χ0v) is 19.8. The van der Waals surface area contributed by atoms with Gasteiger partial charge < -0.3 is 0 Å². The van der Waals surface area contributed by atoms with Crippen molar-refractivity contribution < 1.29 is 0 Å². The Morgan fingerprint density at radius 1 is 0.438 bits per heavy atom. The first kappa shape index (κ1) is 21.9. The molecule has 0 radical (unpaired) electrons. The summed E-state index contributed by atoms with van der Waals surface area (Å²) < 4.78 is 0. The number of aromatic nitrogens is 3. The standard InChI is InChI=1S/C29H31N3/c1-28(2,3)26-30-25(31-27(32-26)29(4,5)6)24-18-22(20-13-9-7-10-14-20)17-23(19-24)21-15-11-8-12-16-21/h7-19H,1-6H3. The van der Waals surface area contributed by atoms with E-state index >= 15 is 0 Å². The molecule has 0 spiro atoms.